The fourth-order valence-electron chi connectivity index (χ4n) is 7.09. The number of rotatable bonds is 12. The number of phenols is 4. The van der Waals surface area contributed by atoms with E-state index in [1.807, 2.05) is 0 Å². The zero-order chi connectivity index (χ0) is 46.1. The van der Waals surface area contributed by atoms with Crippen LogP contribution in [-0.4, -0.2) is 178 Å². The standard InChI is InChI=1S/C41H44O23/c42-12-24-29(51)32(54)34(56)39(60-24)58-18-10-21(47)27-23(11-18)59-35(16-3-5-17(44)6-4-16)36(31(27)53)63-41-38(33(55)30(52)25(13-43)61-41)64-40-37(28(50)22(48)14-57-40)62-26(49)8-2-15-1-7-19(45)20(46)9-15/h1-11,22,24-25,28-30,32-34,37-48,50-52,54-56H,12-14H2/b8-2+/t22-,24+,25+,28-,29+,30-,32-,33-,34+,37+,38+,39+,40-,41-/m0/s1. The van der Waals surface area contributed by atoms with Gasteiger partial charge in [-0.25, -0.2) is 4.79 Å². The van der Waals surface area contributed by atoms with Crippen LogP contribution in [0.15, 0.2) is 69.9 Å². The first-order valence-electron chi connectivity index (χ1n) is 19.4. The van der Waals surface area contributed by atoms with Crippen LogP contribution in [0.1, 0.15) is 5.56 Å². The third-order valence-electron chi connectivity index (χ3n) is 10.6. The van der Waals surface area contributed by atoms with Crippen molar-refractivity contribution in [3.63, 3.8) is 0 Å². The van der Waals surface area contributed by atoms with Crippen molar-refractivity contribution in [2.24, 2.45) is 0 Å². The molecule has 0 amide bonds. The van der Waals surface area contributed by atoms with Crippen molar-refractivity contribution in [1.29, 1.82) is 0 Å². The summed E-state index contributed by atoms with van der Waals surface area (Å²) in [5.74, 6) is -4.53. The molecule has 4 aromatic rings. The van der Waals surface area contributed by atoms with Crippen molar-refractivity contribution >= 4 is 23.0 Å². The van der Waals surface area contributed by atoms with Crippen molar-refractivity contribution in [3.05, 3.63) is 76.5 Å². The van der Waals surface area contributed by atoms with Crippen LogP contribution in [0.25, 0.3) is 28.4 Å². The number of carbonyl (C=O) groups excluding carboxylic acids is 1. The summed E-state index contributed by atoms with van der Waals surface area (Å²) in [5, 5.41) is 134. The highest BCUT2D eigenvalue weighted by Gasteiger charge is 2.52. The van der Waals surface area contributed by atoms with E-state index < -0.39 is 151 Å². The fraction of sp³-hybridized carbons (Fsp3) is 0.415. The summed E-state index contributed by atoms with van der Waals surface area (Å²) in [6.45, 7) is -2.30. The normalized spacial score (nSPS) is 32.1. The minimum Gasteiger partial charge on any atom is -0.508 e. The van der Waals surface area contributed by atoms with Gasteiger partial charge in [-0.2, -0.15) is 0 Å². The Morgan fingerprint density at radius 3 is 2.03 bits per heavy atom. The second-order valence-corrected chi connectivity index (χ2v) is 14.9. The Balaban J connectivity index is 1.23. The van der Waals surface area contributed by atoms with E-state index in [0.29, 0.717) is 0 Å². The van der Waals surface area contributed by atoms with Gasteiger partial charge in [0, 0.05) is 23.8 Å². The molecule has 0 spiro atoms. The van der Waals surface area contributed by atoms with Crippen LogP contribution >= 0.6 is 0 Å². The van der Waals surface area contributed by atoms with Gasteiger partial charge in [-0.1, -0.05) is 6.07 Å². The Morgan fingerprint density at radius 2 is 1.36 bits per heavy atom. The zero-order valence-corrected chi connectivity index (χ0v) is 33.0. The van der Waals surface area contributed by atoms with Gasteiger partial charge in [0.15, 0.2) is 35.8 Å². The molecule has 3 fully saturated rings. The fourth-order valence-corrected chi connectivity index (χ4v) is 7.09. The summed E-state index contributed by atoms with van der Waals surface area (Å²) in [5.41, 5.74) is -1.20. The first kappa shape index (κ1) is 46.4. The molecule has 23 heteroatoms. The lowest BCUT2D eigenvalue weighted by molar-refractivity contribution is -0.345. The highest BCUT2D eigenvalue weighted by Crippen LogP contribution is 2.39. The Hall–Kier alpha value is -5.64. The number of hydrogen-bond acceptors (Lipinski definition) is 23. The predicted molar refractivity (Wildman–Crippen MR) is 209 cm³/mol. The average Bonchev–Trinajstić information content (AvgIpc) is 3.27. The van der Waals surface area contributed by atoms with Gasteiger partial charge in [-0.05, 0) is 48.0 Å². The molecule has 7 rings (SSSR count). The molecule has 0 aliphatic carbocycles. The van der Waals surface area contributed by atoms with Gasteiger partial charge < -0.3 is 104 Å². The molecule has 3 aromatic carbocycles. The Morgan fingerprint density at radius 1 is 0.688 bits per heavy atom. The third-order valence-corrected chi connectivity index (χ3v) is 10.6. The molecule has 3 aliphatic rings. The van der Waals surface area contributed by atoms with Gasteiger partial charge in [0.25, 0.3) is 0 Å². The lowest BCUT2D eigenvalue weighted by atomic mass is 9.98. The predicted octanol–water partition coefficient (Wildman–Crippen LogP) is -2.63. The number of benzene rings is 3. The molecule has 4 heterocycles. The number of esters is 1. The highest BCUT2D eigenvalue weighted by atomic mass is 16.8. The number of aromatic hydroxyl groups is 4. The van der Waals surface area contributed by atoms with E-state index in [1.165, 1.54) is 36.4 Å². The molecule has 14 atom stereocenters. The molecule has 346 valence electrons. The topological polar surface area (TPSA) is 375 Å². The lowest BCUT2D eigenvalue weighted by Crippen LogP contribution is -2.64. The molecule has 0 saturated carbocycles. The van der Waals surface area contributed by atoms with E-state index in [4.69, 9.17) is 37.6 Å². The van der Waals surface area contributed by atoms with Crippen molar-refractivity contribution in [3.8, 4) is 45.8 Å². The molecule has 0 bridgehead atoms. The van der Waals surface area contributed by atoms with Crippen molar-refractivity contribution in [2.45, 2.75) is 86.0 Å². The van der Waals surface area contributed by atoms with E-state index in [2.05, 4.69) is 0 Å². The van der Waals surface area contributed by atoms with Crippen LogP contribution in [0.3, 0.4) is 0 Å². The molecule has 13 N–H and O–H groups in total. The van der Waals surface area contributed by atoms with Crippen LogP contribution in [-0.2, 0) is 28.5 Å². The summed E-state index contributed by atoms with van der Waals surface area (Å²) in [6.07, 6.45) is -23.1. The first-order valence-corrected chi connectivity index (χ1v) is 19.4. The van der Waals surface area contributed by atoms with Gasteiger partial charge in [-0.15, -0.1) is 0 Å². The Kier molecular flexibility index (Phi) is 13.9. The largest absolute Gasteiger partial charge is 0.508 e. The number of aliphatic hydroxyl groups is 9. The monoisotopic (exact) mass is 904 g/mol. The molecule has 3 saturated heterocycles. The molecular weight excluding hydrogens is 860 g/mol. The maximum Gasteiger partial charge on any atom is 0.331 e. The summed E-state index contributed by atoms with van der Waals surface area (Å²) < 4.78 is 45.8. The molecule has 1 aromatic heterocycles. The Labute approximate surface area is 359 Å². The van der Waals surface area contributed by atoms with E-state index in [-0.39, 0.29) is 28.2 Å². The summed E-state index contributed by atoms with van der Waals surface area (Å²) in [4.78, 5) is 27.4. The highest BCUT2D eigenvalue weighted by molar-refractivity contribution is 5.89. The lowest BCUT2D eigenvalue weighted by Gasteiger charge is -2.45. The molecule has 0 radical (unpaired) electrons. The number of carbonyl (C=O) groups is 1. The third kappa shape index (κ3) is 9.43. The van der Waals surface area contributed by atoms with Crippen molar-refractivity contribution in [1.82, 2.24) is 0 Å². The van der Waals surface area contributed by atoms with E-state index in [0.717, 1.165) is 30.3 Å². The second kappa shape index (κ2) is 19.2. The minimum atomic E-state index is -2.05. The smallest absolute Gasteiger partial charge is 0.331 e. The zero-order valence-electron chi connectivity index (χ0n) is 33.0. The van der Waals surface area contributed by atoms with Gasteiger partial charge in [0.05, 0.1) is 19.8 Å². The van der Waals surface area contributed by atoms with Crippen LogP contribution in [0.4, 0.5) is 0 Å². The molecule has 23 nitrogen and oxygen atoms in total. The van der Waals surface area contributed by atoms with E-state index >= 15 is 0 Å². The second-order valence-electron chi connectivity index (χ2n) is 14.9. The summed E-state index contributed by atoms with van der Waals surface area (Å²) in [6, 6.07) is 10.7. The van der Waals surface area contributed by atoms with Crippen LogP contribution in [0.2, 0.25) is 0 Å². The van der Waals surface area contributed by atoms with Gasteiger partial charge in [0.2, 0.25) is 23.8 Å². The Bertz CT molecular complexity index is 2370. The molecular formula is C41H44O23. The quantitative estimate of drug-likeness (QED) is 0.0393. The average molecular weight is 905 g/mol. The van der Waals surface area contributed by atoms with E-state index in [1.54, 1.807) is 0 Å². The van der Waals surface area contributed by atoms with Crippen LogP contribution in [0, 0.1) is 0 Å². The SMILES string of the molecule is O=C(/C=C/c1ccc(O)c(O)c1)O[C@H]1[C@H](O[C@H]2[C@H](Oc3c(-c4ccc(O)cc4)oc4cc(O[C@@H]5O[C@H](CO)[C@@H](O)[C@H](O)[C@H]5O)cc(O)c4c3=O)O[C@H](CO)[C@H](O)[C@@H]2O)OC[C@H](O)[C@@H]1O. The van der Waals surface area contributed by atoms with Crippen LogP contribution < -0.4 is 14.9 Å². The van der Waals surface area contributed by atoms with Crippen molar-refractivity contribution in [2.75, 3.05) is 19.8 Å². The maximum atomic E-state index is 14.4. The molecule has 0 unspecified atom stereocenters. The number of fused-ring (bicyclic) bond motifs is 1. The van der Waals surface area contributed by atoms with E-state index in [9.17, 15) is 76.0 Å². The first-order chi connectivity index (χ1) is 30.5. The molecule has 64 heavy (non-hydrogen) atoms. The summed E-state index contributed by atoms with van der Waals surface area (Å²) >= 11 is 0. The van der Waals surface area contributed by atoms with Gasteiger partial charge >= 0.3 is 5.97 Å². The maximum absolute atomic E-state index is 14.4. The minimum absolute atomic E-state index is 0.0504. The van der Waals surface area contributed by atoms with Gasteiger partial charge in [0.1, 0.15) is 83.2 Å². The van der Waals surface area contributed by atoms with Crippen molar-refractivity contribution < 1.29 is 109 Å². The van der Waals surface area contributed by atoms with Crippen LogP contribution in [0.5, 0.6) is 34.5 Å². The summed E-state index contributed by atoms with van der Waals surface area (Å²) in [7, 11) is 0. The number of hydrogen-bond donors (Lipinski definition) is 13. The number of aliphatic hydroxyl groups excluding tert-OH is 9. The molecule has 3 aliphatic heterocycles. The number of ether oxygens (including phenoxy) is 7. The van der Waals surface area contributed by atoms with Gasteiger partial charge in [-0.3, -0.25) is 4.79 Å². The number of phenolic OH excluding ortho intramolecular Hbond substituents is 4.